The van der Waals surface area contributed by atoms with E-state index in [9.17, 15) is 13.5 Å². The second-order valence-electron chi connectivity index (χ2n) is 7.01. The van der Waals surface area contributed by atoms with Gasteiger partial charge in [0.05, 0.1) is 13.2 Å². The van der Waals surface area contributed by atoms with Crippen LogP contribution in [-0.4, -0.2) is 40.8 Å². The topological polar surface area (TPSA) is 78.9 Å². The molecule has 0 unspecified atom stereocenters. The molecule has 0 fully saturated rings. The van der Waals surface area contributed by atoms with Gasteiger partial charge in [0, 0.05) is 25.8 Å². The SMILES string of the molecule is COc1cc(C)c(C)cc1S(=O)(=O)NC[C@H](O)c1ccc2c(c1)CCN2C. The molecule has 0 aliphatic carbocycles. The summed E-state index contributed by atoms with van der Waals surface area (Å²) in [5.41, 5.74) is 4.85. The second kappa shape index (κ2) is 7.50. The predicted molar refractivity (Wildman–Crippen MR) is 106 cm³/mol. The van der Waals surface area contributed by atoms with Crippen molar-refractivity contribution in [3.63, 3.8) is 0 Å². The molecule has 2 N–H and O–H groups in total. The van der Waals surface area contributed by atoms with E-state index in [4.69, 9.17) is 4.74 Å². The van der Waals surface area contributed by atoms with E-state index in [2.05, 4.69) is 9.62 Å². The molecule has 6 nitrogen and oxygen atoms in total. The molecule has 0 bridgehead atoms. The summed E-state index contributed by atoms with van der Waals surface area (Å²) in [5, 5.41) is 10.5. The second-order valence-corrected chi connectivity index (χ2v) is 8.75. The summed E-state index contributed by atoms with van der Waals surface area (Å²) < 4.78 is 33.2. The van der Waals surface area contributed by atoms with Gasteiger partial charge in [-0.25, -0.2) is 13.1 Å². The molecule has 146 valence electrons. The van der Waals surface area contributed by atoms with Crippen LogP contribution in [0.5, 0.6) is 5.75 Å². The van der Waals surface area contributed by atoms with Gasteiger partial charge < -0.3 is 14.7 Å². The van der Waals surface area contributed by atoms with Gasteiger partial charge in [-0.05, 0) is 60.7 Å². The summed E-state index contributed by atoms with van der Waals surface area (Å²) in [4.78, 5) is 2.25. The van der Waals surface area contributed by atoms with Crippen molar-refractivity contribution in [3.05, 3.63) is 52.6 Å². The summed E-state index contributed by atoms with van der Waals surface area (Å²) in [6, 6.07) is 9.07. The van der Waals surface area contributed by atoms with E-state index in [1.165, 1.54) is 12.7 Å². The molecule has 0 aromatic heterocycles. The number of hydrogen-bond donors (Lipinski definition) is 2. The van der Waals surface area contributed by atoms with Crippen LogP contribution in [-0.2, 0) is 16.4 Å². The number of hydrogen-bond acceptors (Lipinski definition) is 5. The standard InChI is InChI=1S/C20H26N2O4S/c1-13-9-19(26-4)20(10-14(13)2)27(24,25)21-12-18(23)16-5-6-17-15(11-16)7-8-22(17)3/h5-6,9-11,18,21,23H,7-8,12H2,1-4H3/t18-/m0/s1. The third-order valence-electron chi connectivity index (χ3n) is 5.15. The Bertz CT molecular complexity index is 957. The molecule has 1 aliphatic rings. The highest BCUT2D eigenvalue weighted by Crippen LogP contribution is 2.30. The van der Waals surface area contributed by atoms with Gasteiger partial charge in [0.2, 0.25) is 10.0 Å². The van der Waals surface area contributed by atoms with E-state index in [1.54, 1.807) is 12.1 Å². The zero-order chi connectivity index (χ0) is 19.8. The van der Waals surface area contributed by atoms with Gasteiger partial charge in [-0.15, -0.1) is 0 Å². The number of benzene rings is 2. The molecule has 1 heterocycles. The Morgan fingerprint density at radius 3 is 2.63 bits per heavy atom. The number of nitrogens with zero attached hydrogens (tertiary/aromatic N) is 1. The lowest BCUT2D eigenvalue weighted by Crippen LogP contribution is -2.29. The number of aliphatic hydroxyl groups is 1. The molecule has 2 aromatic carbocycles. The number of aryl methyl sites for hydroxylation is 2. The number of anilines is 1. The van der Waals surface area contributed by atoms with Crippen LogP contribution in [0, 0.1) is 13.8 Å². The first-order valence-electron chi connectivity index (χ1n) is 8.90. The van der Waals surface area contributed by atoms with Crippen LogP contribution in [0.25, 0.3) is 0 Å². The molecule has 3 rings (SSSR count). The van der Waals surface area contributed by atoms with Crippen molar-refractivity contribution in [1.82, 2.24) is 4.72 Å². The molecule has 1 aliphatic heterocycles. The highest BCUT2D eigenvalue weighted by atomic mass is 32.2. The minimum atomic E-state index is -3.81. The van der Waals surface area contributed by atoms with Gasteiger partial charge in [-0.3, -0.25) is 0 Å². The highest BCUT2D eigenvalue weighted by molar-refractivity contribution is 7.89. The summed E-state index contributed by atoms with van der Waals surface area (Å²) in [6.45, 7) is 4.60. The highest BCUT2D eigenvalue weighted by Gasteiger charge is 2.23. The summed E-state index contributed by atoms with van der Waals surface area (Å²) in [5.74, 6) is 0.292. The maximum atomic E-state index is 12.7. The number of nitrogens with one attached hydrogen (secondary N) is 1. The molecule has 2 aromatic rings. The van der Waals surface area contributed by atoms with Crippen LogP contribution in [0.2, 0.25) is 0 Å². The van der Waals surface area contributed by atoms with Crippen LogP contribution in [0.4, 0.5) is 5.69 Å². The third kappa shape index (κ3) is 3.95. The first-order chi connectivity index (χ1) is 12.7. The van der Waals surface area contributed by atoms with Crippen LogP contribution < -0.4 is 14.4 Å². The Kier molecular flexibility index (Phi) is 5.46. The van der Waals surface area contributed by atoms with Crippen molar-refractivity contribution in [2.45, 2.75) is 31.3 Å². The van der Waals surface area contributed by atoms with Crippen molar-refractivity contribution in [2.24, 2.45) is 0 Å². The Balaban J connectivity index is 1.77. The zero-order valence-corrected chi connectivity index (χ0v) is 16.9. The van der Waals surface area contributed by atoms with Gasteiger partial charge in [-0.1, -0.05) is 12.1 Å². The van der Waals surface area contributed by atoms with E-state index in [0.717, 1.165) is 29.8 Å². The van der Waals surface area contributed by atoms with Crippen LogP contribution in [0.1, 0.15) is 28.4 Å². The number of methoxy groups -OCH3 is 1. The van der Waals surface area contributed by atoms with Crippen molar-refractivity contribution in [1.29, 1.82) is 0 Å². The summed E-state index contributed by atoms with van der Waals surface area (Å²) in [7, 11) is -0.330. The van der Waals surface area contributed by atoms with Crippen LogP contribution >= 0.6 is 0 Å². The van der Waals surface area contributed by atoms with Crippen molar-refractivity contribution >= 4 is 15.7 Å². The maximum absolute atomic E-state index is 12.7. The average Bonchev–Trinajstić information content (AvgIpc) is 3.02. The number of rotatable bonds is 6. The van der Waals surface area contributed by atoms with Gasteiger partial charge in [-0.2, -0.15) is 0 Å². The molecule has 7 heteroatoms. The molecular formula is C20H26N2O4S. The zero-order valence-electron chi connectivity index (χ0n) is 16.1. The maximum Gasteiger partial charge on any atom is 0.244 e. The van der Waals surface area contributed by atoms with Gasteiger partial charge in [0.25, 0.3) is 0 Å². The monoisotopic (exact) mass is 390 g/mol. The Morgan fingerprint density at radius 2 is 1.93 bits per heavy atom. The molecule has 0 radical (unpaired) electrons. The van der Waals surface area contributed by atoms with Gasteiger partial charge in [0.15, 0.2) is 0 Å². The Labute approximate surface area is 160 Å². The van der Waals surface area contributed by atoms with E-state index in [1.807, 2.05) is 39.1 Å². The number of sulfonamides is 1. The lowest BCUT2D eigenvalue weighted by Gasteiger charge is -2.17. The number of fused-ring (bicyclic) bond motifs is 1. The van der Waals surface area contributed by atoms with E-state index in [-0.39, 0.29) is 11.4 Å². The Morgan fingerprint density at radius 1 is 1.22 bits per heavy atom. The number of ether oxygens (including phenoxy) is 1. The van der Waals surface area contributed by atoms with E-state index >= 15 is 0 Å². The normalized spacial score (nSPS) is 14.9. The Hall–Kier alpha value is -2.09. The number of aliphatic hydroxyl groups excluding tert-OH is 1. The predicted octanol–water partition coefficient (Wildman–Crippen LogP) is 2.32. The third-order valence-corrected chi connectivity index (χ3v) is 6.60. The first kappa shape index (κ1) is 19.7. The molecule has 1 atom stereocenters. The first-order valence-corrected chi connectivity index (χ1v) is 10.4. The minimum absolute atomic E-state index is 0.0795. The molecule has 0 saturated heterocycles. The molecule has 0 spiro atoms. The smallest absolute Gasteiger partial charge is 0.244 e. The van der Waals surface area contributed by atoms with E-state index < -0.39 is 16.1 Å². The van der Waals surface area contributed by atoms with Crippen molar-refractivity contribution < 1.29 is 18.3 Å². The van der Waals surface area contributed by atoms with Crippen LogP contribution in [0.3, 0.4) is 0 Å². The average molecular weight is 391 g/mol. The fourth-order valence-corrected chi connectivity index (χ4v) is 4.58. The lowest BCUT2D eigenvalue weighted by molar-refractivity contribution is 0.182. The molecule has 0 amide bonds. The molecule has 0 saturated carbocycles. The summed E-state index contributed by atoms with van der Waals surface area (Å²) >= 11 is 0. The van der Waals surface area contributed by atoms with Crippen LogP contribution in [0.15, 0.2) is 35.2 Å². The van der Waals surface area contributed by atoms with Crippen molar-refractivity contribution in [3.8, 4) is 5.75 Å². The van der Waals surface area contributed by atoms with Crippen molar-refractivity contribution in [2.75, 3.05) is 32.1 Å². The minimum Gasteiger partial charge on any atom is -0.495 e. The quantitative estimate of drug-likeness (QED) is 0.791. The van der Waals surface area contributed by atoms with Gasteiger partial charge >= 0.3 is 0 Å². The molecular weight excluding hydrogens is 364 g/mol. The van der Waals surface area contributed by atoms with E-state index in [0.29, 0.717) is 11.3 Å². The van der Waals surface area contributed by atoms with Gasteiger partial charge in [0.1, 0.15) is 10.6 Å². The summed E-state index contributed by atoms with van der Waals surface area (Å²) in [6.07, 6.45) is 0.00587. The fraction of sp³-hybridized carbons (Fsp3) is 0.400. The fourth-order valence-electron chi connectivity index (χ4n) is 3.31. The largest absolute Gasteiger partial charge is 0.495 e. The lowest BCUT2D eigenvalue weighted by atomic mass is 10.0. The number of likely N-dealkylation sites (N-methyl/N-ethyl adjacent to an activating group) is 1. The molecule has 27 heavy (non-hydrogen) atoms.